The zero-order chi connectivity index (χ0) is 13.1. The summed E-state index contributed by atoms with van der Waals surface area (Å²) in [7, 11) is -1.96. The van der Waals surface area contributed by atoms with Gasteiger partial charge in [-0.25, -0.2) is 8.42 Å². The summed E-state index contributed by atoms with van der Waals surface area (Å²) in [5.41, 5.74) is 0.748. The Kier molecular flexibility index (Phi) is 4.94. The molecule has 1 aromatic carbocycles. The van der Waals surface area contributed by atoms with Crippen molar-refractivity contribution >= 4 is 21.6 Å². The molecule has 0 fully saturated rings. The number of hydrogen-bond donors (Lipinski definition) is 1. The Balaban J connectivity index is 2.99. The van der Waals surface area contributed by atoms with Crippen LogP contribution in [-0.4, -0.2) is 37.2 Å². The molecule has 0 radical (unpaired) electrons. The van der Waals surface area contributed by atoms with E-state index >= 15 is 0 Å². The van der Waals surface area contributed by atoms with Gasteiger partial charge >= 0.3 is 0 Å². The van der Waals surface area contributed by atoms with E-state index in [-0.39, 0.29) is 18.4 Å². The molecule has 0 saturated heterocycles. The Morgan fingerprint density at radius 3 is 2.53 bits per heavy atom. The molecule has 1 rings (SSSR count). The topological polar surface area (TPSA) is 57.6 Å². The highest BCUT2D eigenvalue weighted by molar-refractivity contribution is 7.89. The van der Waals surface area contributed by atoms with E-state index in [4.69, 9.17) is 16.7 Å². The van der Waals surface area contributed by atoms with E-state index in [1.165, 1.54) is 11.4 Å². The number of halogens is 1. The molecule has 0 heterocycles. The molecule has 1 unspecified atom stereocenters. The minimum absolute atomic E-state index is 0.279. The average molecular weight is 278 g/mol. The minimum Gasteiger partial charge on any atom is -0.395 e. The number of benzene rings is 1. The van der Waals surface area contributed by atoms with Crippen molar-refractivity contribution in [3.05, 3.63) is 34.9 Å². The molecule has 0 amide bonds. The van der Waals surface area contributed by atoms with Crippen LogP contribution in [-0.2, 0) is 10.0 Å². The van der Waals surface area contributed by atoms with Gasteiger partial charge in [-0.05, 0) is 18.6 Å². The van der Waals surface area contributed by atoms with E-state index in [9.17, 15) is 8.42 Å². The molecular weight excluding hydrogens is 262 g/mol. The Labute approximate surface area is 107 Å². The van der Waals surface area contributed by atoms with Crippen molar-refractivity contribution < 1.29 is 13.5 Å². The number of rotatable bonds is 5. The molecule has 0 spiro atoms. The van der Waals surface area contributed by atoms with E-state index in [0.717, 1.165) is 5.56 Å². The van der Waals surface area contributed by atoms with Gasteiger partial charge in [0, 0.05) is 18.1 Å². The Morgan fingerprint density at radius 2 is 2.00 bits per heavy atom. The Hall–Kier alpha value is -0.620. The first-order chi connectivity index (χ1) is 7.90. The van der Waals surface area contributed by atoms with E-state index in [0.29, 0.717) is 5.02 Å². The normalized spacial score (nSPS) is 13.9. The largest absolute Gasteiger partial charge is 0.395 e. The fraction of sp³-hybridized carbons (Fsp3) is 0.455. The summed E-state index contributed by atoms with van der Waals surface area (Å²) in [6.07, 6.45) is 0. The molecule has 0 aliphatic heterocycles. The lowest BCUT2D eigenvalue weighted by molar-refractivity contribution is 0.313. The monoisotopic (exact) mass is 277 g/mol. The summed E-state index contributed by atoms with van der Waals surface area (Å²) in [6.45, 7) is 1.37. The second-order valence-corrected chi connectivity index (χ2v) is 6.31. The smallest absolute Gasteiger partial charge is 0.216 e. The Morgan fingerprint density at radius 1 is 1.41 bits per heavy atom. The molecule has 0 saturated carbocycles. The summed E-state index contributed by atoms with van der Waals surface area (Å²) in [5.74, 6) is -0.279. The van der Waals surface area contributed by atoms with Gasteiger partial charge in [0.25, 0.3) is 0 Å². The Bertz CT molecular complexity index is 475. The molecule has 0 bridgehead atoms. The number of aliphatic hydroxyl groups excluding tert-OH is 1. The highest BCUT2D eigenvalue weighted by Crippen LogP contribution is 2.27. The number of aliphatic hydroxyl groups is 1. The molecule has 1 atom stereocenters. The van der Waals surface area contributed by atoms with Gasteiger partial charge in [-0.2, -0.15) is 4.31 Å². The third-order valence-electron chi connectivity index (χ3n) is 2.69. The molecule has 4 nitrogen and oxygen atoms in total. The SMILES string of the molecule is CC(c1ccccc1Cl)N(C)S(=O)(=O)CCO. The third-order valence-corrected chi connectivity index (χ3v) is 4.93. The second-order valence-electron chi connectivity index (χ2n) is 3.75. The van der Waals surface area contributed by atoms with Crippen LogP contribution in [0.25, 0.3) is 0 Å². The average Bonchev–Trinajstić information content (AvgIpc) is 2.27. The van der Waals surface area contributed by atoms with Gasteiger partial charge in [0.1, 0.15) is 0 Å². The lowest BCUT2D eigenvalue weighted by Crippen LogP contribution is -2.32. The van der Waals surface area contributed by atoms with Gasteiger partial charge in [-0.15, -0.1) is 0 Å². The highest BCUT2D eigenvalue weighted by Gasteiger charge is 2.24. The van der Waals surface area contributed by atoms with Crippen LogP contribution >= 0.6 is 11.6 Å². The van der Waals surface area contributed by atoms with E-state index in [1.807, 2.05) is 6.07 Å². The molecule has 17 heavy (non-hydrogen) atoms. The predicted molar refractivity (Wildman–Crippen MR) is 68.5 cm³/mol. The molecule has 96 valence electrons. The maximum Gasteiger partial charge on any atom is 0.216 e. The molecule has 0 aromatic heterocycles. The lowest BCUT2D eigenvalue weighted by atomic mass is 10.1. The third kappa shape index (κ3) is 3.42. The van der Waals surface area contributed by atoms with E-state index < -0.39 is 10.0 Å². The fourth-order valence-electron chi connectivity index (χ4n) is 1.51. The summed E-state index contributed by atoms with van der Waals surface area (Å²) >= 11 is 6.02. The van der Waals surface area contributed by atoms with Crippen molar-refractivity contribution in [2.24, 2.45) is 0 Å². The molecule has 1 aromatic rings. The molecular formula is C11H16ClNO3S. The fourth-order valence-corrected chi connectivity index (χ4v) is 2.92. The van der Waals surface area contributed by atoms with Crippen LogP contribution in [0.4, 0.5) is 0 Å². The zero-order valence-corrected chi connectivity index (χ0v) is 11.4. The molecule has 1 N–H and O–H groups in total. The van der Waals surface area contributed by atoms with E-state index in [2.05, 4.69) is 0 Å². The van der Waals surface area contributed by atoms with Crippen molar-refractivity contribution in [2.75, 3.05) is 19.4 Å². The van der Waals surface area contributed by atoms with Crippen molar-refractivity contribution in [3.63, 3.8) is 0 Å². The quantitative estimate of drug-likeness (QED) is 0.890. The molecule has 0 aliphatic carbocycles. The summed E-state index contributed by atoms with van der Waals surface area (Å²) in [6, 6.07) is 6.75. The number of hydrogen-bond acceptors (Lipinski definition) is 3. The van der Waals surface area contributed by atoms with Gasteiger partial charge < -0.3 is 5.11 Å². The van der Waals surface area contributed by atoms with Crippen LogP contribution in [0.3, 0.4) is 0 Å². The standard InChI is InChI=1S/C11H16ClNO3S/c1-9(10-5-3-4-6-11(10)12)13(2)17(15,16)8-7-14/h3-6,9,14H,7-8H2,1-2H3. The van der Waals surface area contributed by atoms with Crippen LogP contribution in [0, 0.1) is 0 Å². The zero-order valence-electron chi connectivity index (χ0n) is 9.80. The highest BCUT2D eigenvalue weighted by atomic mass is 35.5. The first-order valence-electron chi connectivity index (χ1n) is 5.21. The van der Waals surface area contributed by atoms with Gasteiger partial charge in [0.15, 0.2) is 0 Å². The molecule has 6 heteroatoms. The summed E-state index contributed by atoms with van der Waals surface area (Å²) < 4.78 is 24.8. The van der Waals surface area contributed by atoms with Gasteiger partial charge in [0.05, 0.1) is 12.4 Å². The number of nitrogens with zero attached hydrogens (tertiary/aromatic N) is 1. The minimum atomic E-state index is -3.45. The number of sulfonamides is 1. The van der Waals surface area contributed by atoms with Crippen molar-refractivity contribution in [1.82, 2.24) is 4.31 Å². The maximum atomic E-state index is 11.8. The first-order valence-corrected chi connectivity index (χ1v) is 7.20. The van der Waals surface area contributed by atoms with Crippen molar-refractivity contribution in [2.45, 2.75) is 13.0 Å². The van der Waals surface area contributed by atoms with E-state index in [1.54, 1.807) is 25.1 Å². The van der Waals surface area contributed by atoms with Crippen LogP contribution in [0.1, 0.15) is 18.5 Å². The molecule has 0 aliphatic rings. The first kappa shape index (κ1) is 14.4. The lowest BCUT2D eigenvalue weighted by Gasteiger charge is -2.25. The van der Waals surface area contributed by atoms with Crippen molar-refractivity contribution in [3.8, 4) is 0 Å². The predicted octanol–water partition coefficient (Wildman–Crippen LogP) is 1.65. The van der Waals surface area contributed by atoms with Gasteiger partial charge in [-0.1, -0.05) is 29.8 Å². The van der Waals surface area contributed by atoms with Crippen molar-refractivity contribution in [1.29, 1.82) is 0 Å². The van der Waals surface area contributed by atoms with Gasteiger partial charge in [0.2, 0.25) is 10.0 Å². The maximum absolute atomic E-state index is 11.8. The van der Waals surface area contributed by atoms with Crippen LogP contribution in [0.15, 0.2) is 24.3 Å². The summed E-state index contributed by atoms with van der Waals surface area (Å²) in [5, 5.41) is 9.26. The van der Waals surface area contributed by atoms with Crippen LogP contribution < -0.4 is 0 Å². The van der Waals surface area contributed by atoms with Gasteiger partial charge in [-0.3, -0.25) is 0 Å². The van der Waals surface area contributed by atoms with Crippen LogP contribution in [0.5, 0.6) is 0 Å². The second kappa shape index (κ2) is 5.82. The summed E-state index contributed by atoms with van der Waals surface area (Å²) in [4.78, 5) is 0. The van der Waals surface area contributed by atoms with Crippen LogP contribution in [0.2, 0.25) is 5.02 Å².